The van der Waals surface area contributed by atoms with E-state index in [0.29, 0.717) is 19.6 Å². The minimum Gasteiger partial charge on any atom is -0.466 e. The molecule has 0 aliphatic heterocycles. The van der Waals surface area contributed by atoms with Crippen molar-refractivity contribution in [3.8, 4) is 12.3 Å². The second-order valence-electron chi connectivity index (χ2n) is 3.24. The maximum atomic E-state index is 11.2. The molecule has 1 N–H and O–H groups in total. The lowest BCUT2D eigenvalue weighted by atomic mass is 10.1. The van der Waals surface area contributed by atoms with Crippen LogP contribution in [0.2, 0.25) is 0 Å². The van der Waals surface area contributed by atoms with Gasteiger partial charge in [-0.2, -0.15) is 0 Å². The summed E-state index contributed by atoms with van der Waals surface area (Å²) in [7, 11) is 0. The summed E-state index contributed by atoms with van der Waals surface area (Å²) in [5, 5.41) is 3.05. The molecule has 0 atom stereocenters. The van der Waals surface area contributed by atoms with Crippen LogP contribution in [0.25, 0.3) is 0 Å². The van der Waals surface area contributed by atoms with Crippen molar-refractivity contribution in [3.63, 3.8) is 0 Å². The van der Waals surface area contributed by atoms with Crippen molar-refractivity contribution in [1.82, 2.24) is 0 Å². The molecule has 3 nitrogen and oxygen atoms in total. The van der Waals surface area contributed by atoms with Gasteiger partial charge in [0, 0.05) is 5.69 Å². The topological polar surface area (TPSA) is 38.3 Å². The Labute approximate surface area is 95.8 Å². The standard InChI is InChI=1S/C13H15NO2/c1-3-9-14-12-7-5-11(6-8-12)10-13(15)16-4-2/h1,5-8,14H,4,9-10H2,2H3. The van der Waals surface area contributed by atoms with Gasteiger partial charge in [0.2, 0.25) is 0 Å². The van der Waals surface area contributed by atoms with Crippen molar-refractivity contribution < 1.29 is 9.53 Å². The molecule has 1 aromatic rings. The molecule has 0 unspecified atom stereocenters. The number of anilines is 1. The molecular weight excluding hydrogens is 202 g/mol. The van der Waals surface area contributed by atoms with Gasteiger partial charge in [0.05, 0.1) is 19.6 Å². The summed E-state index contributed by atoms with van der Waals surface area (Å²) in [6, 6.07) is 7.56. The number of ether oxygens (including phenoxy) is 1. The lowest BCUT2D eigenvalue weighted by Gasteiger charge is -2.04. The maximum Gasteiger partial charge on any atom is 0.310 e. The molecule has 0 aliphatic carbocycles. The average molecular weight is 217 g/mol. The molecule has 1 rings (SSSR count). The first-order valence-corrected chi connectivity index (χ1v) is 5.18. The van der Waals surface area contributed by atoms with E-state index in [1.807, 2.05) is 24.3 Å². The molecule has 16 heavy (non-hydrogen) atoms. The minimum absolute atomic E-state index is 0.202. The molecule has 0 heterocycles. The van der Waals surface area contributed by atoms with E-state index >= 15 is 0 Å². The molecular formula is C13H15NO2. The maximum absolute atomic E-state index is 11.2. The van der Waals surface area contributed by atoms with Gasteiger partial charge in [-0.25, -0.2) is 0 Å². The molecule has 0 saturated carbocycles. The third-order valence-corrected chi connectivity index (χ3v) is 2.00. The van der Waals surface area contributed by atoms with Crippen molar-refractivity contribution in [2.75, 3.05) is 18.5 Å². The first-order valence-electron chi connectivity index (χ1n) is 5.18. The number of hydrogen-bond donors (Lipinski definition) is 1. The fourth-order valence-electron chi connectivity index (χ4n) is 1.27. The van der Waals surface area contributed by atoms with Crippen molar-refractivity contribution in [2.45, 2.75) is 13.3 Å². The Morgan fingerprint density at radius 1 is 1.44 bits per heavy atom. The number of benzene rings is 1. The van der Waals surface area contributed by atoms with E-state index in [9.17, 15) is 4.79 Å². The van der Waals surface area contributed by atoms with Crippen LogP contribution in [0.1, 0.15) is 12.5 Å². The van der Waals surface area contributed by atoms with Crippen molar-refractivity contribution in [2.24, 2.45) is 0 Å². The number of carbonyl (C=O) groups is 1. The largest absolute Gasteiger partial charge is 0.466 e. The molecule has 3 heteroatoms. The highest BCUT2D eigenvalue weighted by atomic mass is 16.5. The highest BCUT2D eigenvalue weighted by Crippen LogP contribution is 2.10. The monoisotopic (exact) mass is 217 g/mol. The minimum atomic E-state index is -0.202. The summed E-state index contributed by atoms with van der Waals surface area (Å²) in [4.78, 5) is 11.2. The number of terminal acetylenes is 1. The second kappa shape index (κ2) is 6.52. The van der Waals surface area contributed by atoms with Gasteiger partial charge >= 0.3 is 5.97 Å². The van der Waals surface area contributed by atoms with Crippen molar-refractivity contribution in [3.05, 3.63) is 29.8 Å². The first-order chi connectivity index (χ1) is 7.76. The Hall–Kier alpha value is -1.95. The predicted octanol–water partition coefficient (Wildman–Crippen LogP) is 1.84. The zero-order valence-electron chi connectivity index (χ0n) is 9.32. The van der Waals surface area contributed by atoms with Gasteiger partial charge in [0.15, 0.2) is 0 Å². The van der Waals surface area contributed by atoms with E-state index in [0.717, 1.165) is 11.3 Å². The predicted molar refractivity (Wildman–Crippen MR) is 64.1 cm³/mol. The quantitative estimate of drug-likeness (QED) is 0.604. The molecule has 0 spiro atoms. The van der Waals surface area contributed by atoms with E-state index < -0.39 is 0 Å². The molecule has 84 valence electrons. The normalized spacial score (nSPS) is 9.25. The number of carbonyl (C=O) groups excluding carboxylic acids is 1. The van der Waals surface area contributed by atoms with Crippen LogP contribution in [0.4, 0.5) is 5.69 Å². The summed E-state index contributed by atoms with van der Waals surface area (Å²) in [6.45, 7) is 2.71. The number of rotatable bonds is 5. The van der Waals surface area contributed by atoms with Crippen LogP contribution < -0.4 is 5.32 Å². The van der Waals surface area contributed by atoms with Gasteiger partial charge in [0.1, 0.15) is 0 Å². The van der Waals surface area contributed by atoms with Gasteiger partial charge in [-0.05, 0) is 24.6 Å². The van der Waals surface area contributed by atoms with E-state index in [2.05, 4.69) is 11.2 Å². The van der Waals surface area contributed by atoms with Crippen LogP contribution in [0.3, 0.4) is 0 Å². The summed E-state index contributed by atoms with van der Waals surface area (Å²) >= 11 is 0. The van der Waals surface area contributed by atoms with Crippen LogP contribution in [-0.4, -0.2) is 19.1 Å². The van der Waals surface area contributed by atoms with Crippen molar-refractivity contribution in [1.29, 1.82) is 0 Å². The SMILES string of the molecule is C#CCNc1ccc(CC(=O)OCC)cc1. The fourth-order valence-corrected chi connectivity index (χ4v) is 1.27. The Morgan fingerprint density at radius 3 is 2.69 bits per heavy atom. The van der Waals surface area contributed by atoms with Gasteiger partial charge < -0.3 is 10.1 Å². The summed E-state index contributed by atoms with van der Waals surface area (Å²) in [5.74, 6) is 2.29. The Bertz CT molecular complexity index is 376. The average Bonchev–Trinajstić information content (AvgIpc) is 2.28. The Kier molecular flexibility index (Phi) is 4.94. The van der Waals surface area contributed by atoms with E-state index in [1.165, 1.54) is 0 Å². The first kappa shape index (κ1) is 12.1. The smallest absolute Gasteiger partial charge is 0.310 e. The van der Waals surface area contributed by atoms with E-state index in [1.54, 1.807) is 6.92 Å². The van der Waals surface area contributed by atoms with Gasteiger partial charge in [-0.15, -0.1) is 6.42 Å². The van der Waals surface area contributed by atoms with Crippen molar-refractivity contribution >= 4 is 11.7 Å². The van der Waals surface area contributed by atoms with E-state index in [-0.39, 0.29) is 5.97 Å². The lowest BCUT2D eigenvalue weighted by molar-refractivity contribution is -0.142. The molecule has 0 fully saturated rings. The molecule has 1 aromatic carbocycles. The number of hydrogen-bond acceptors (Lipinski definition) is 3. The molecule has 0 aliphatic rings. The summed E-state index contributed by atoms with van der Waals surface area (Å²) < 4.78 is 4.86. The molecule has 0 saturated heterocycles. The third kappa shape index (κ3) is 4.05. The third-order valence-electron chi connectivity index (χ3n) is 2.00. The molecule has 0 bridgehead atoms. The molecule has 0 aromatic heterocycles. The van der Waals surface area contributed by atoms with Gasteiger partial charge in [-0.3, -0.25) is 4.79 Å². The number of nitrogens with one attached hydrogen (secondary N) is 1. The lowest BCUT2D eigenvalue weighted by Crippen LogP contribution is -2.07. The van der Waals surface area contributed by atoms with E-state index in [4.69, 9.17) is 11.2 Å². The summed E-state index contributed by atoms with van der Waals surface area (Å²) in [6.07, 6.45) is 5.44. The van der Waals surface area contributed by atoms with Crippen LogP contribution in [-0.2, 0) is 16.0 Å². The zero-order valence-corrected chi connectivity index (χ0v) is 9.32. The Morgan fingerprint density at radius 2 is 2.12 bits per heavy atom. The molecule has 0 radical (unpaired) electrons. The molecule has 0 amide bonds. The van der Waals surface area contributed by atoms with Crippen LogP contribution >= 0.6 is 0 Å². The van der Waals surface area contributed by atoms with Crippen LogP contribution in [0, 0.1) is 12.3 Å². The number of esters is 1. The second-order valence-corrected chi connectivity index (χ2v) is 3.24. The highest BCUT2D eigenvalue weighted by Gasteiger charge is 2.03. The zero-order chi connectivity index (χ0) is 11.8. The van der Waals surface area contributed by atoms with Crippen LogP contribution in [0.5, 0.6) is 0 Å². The van der Waals surface area contributed by atoms with Gasteiger partial charge in [0.25, 0.3) is 0 Å². The summed E-state index contributed by atoms with van der Waals surface area (Å²) in [5.41, 5.74) is 1.88. The Balaban J connectivity index is 2.51. The highest BCUT2D eigenvalue weighted by molar-refractivity contribution is 5.72. The fraction of sp³-hybridized carbons (Fsp3) is 0.308. The van der Waals surface area contributed by atoms with Crippen LogP contribution in [0.15, 0.2) is 24.3 Å². The van der Waals surface area contributed by atoms with Gasteiger partial charge in [-0.1, -0.05) is 18.1 Å².